The first-order chi connectivity index (χ1) is 18.0. The van der Waals surface area contributed by atoms with E-state index in [1.165, 1.54) is 12.3 Å². The number of amides is 2. The molecule has 0 fully saturated rings. The van der Waals surface area contributed by atoms with E-state index in [0.29, 0.717) is 0 Å². The summed E-state index contributed by atoms with van der Waals surface area (Å²) < 4.78 is 0. The Bertz CT molecular complexity index is 1180. The molecule has 0 aliphatic carbocycles. The molecule has 0 radical (unpaired) electrons. The number of carbonyl (C=O) groups is 4. The van der Waals surface area contributed by atoms with Crippen molar-refractivity contribution >= 4 is 23.8 Å². The first-order valence-electron chi connectivity index (χ1n) is 11.2. The van der Waals surface area contributed by atoms with Gasteiger partial charge in [-0.1, -0.05) is 0 Å². The van der Waals surface area contributed by atoms with Gasteiger partial charge in [-0.3, -0.25) is 33.8 Å². The molecule has 16 nitrogen and oxygen atoms in total. The smallest absolute Gasteiger partial charge is 0.317 e. The van der Waals surface area contributed by atoms with Crippen molar-refractivity contribution < 1.29 is 39.6 Å². The highest BCUT2D eigenvalue weighted by Crippen LogP contribution is 2.08. The predicted octanol–water partition coefficient (Wildman–Crippen LogP) is -4.56. The first-order valence-corrected chi connectivity index (χ1v) is 11.2. The first kappa shape index (κ1) is 29.5. The maximum absolute atomic E-state index is 12.3. The predicted molar refractivity (Wildman–Crippen MR) is 125 cm³/mol. The molecular weight excluding hydrogens is 508 g/mol. The molecule has 2 amide bonds. The van der Waals surface area contributed by atoms with E-state index in [1.807, 2.05) is 0 Å². The van der Waals surface area contributed by atoms with Gasteiger partial charge in [0.05, 0.1) is 18.1 Å². The van der Waals surface area contributed by atoms with Gasteiger partial charge in [-0.05, 0) is 17.9 Å². The van der Waals surface area contributed by atoms with Crippen LogP contribution in [0, 0.1) is 0 Å². The topological polar surface area (TPSA) is 251 Å². The van der Waals surface area contributed by atoms with Crippen LogP contribution in [0.1, 0.15) is 20.7 Å². The third kappa shape index (κ3) is 9.07. The maximum Gasteiger partial charge on any atom is 0.317 e. The third-order valence-electron chi connectivity index (χ3n) is 5.21. The van der Waals surface area contributed by atoms with E-state index in [9.17, 15) is 44.1 Å². The van der Waals surface area contributed by atoms with Gasteiger partial charge in [0.1, 0.15) is 0 Å². The Morgan fingerprint density at radius 2 is 1.34 bits per heavy atom. The summed E-state index contributed by atoms with van der Waals surface area (Å²) in [5, 5.41) is 46.5. The molecule has 0 aromatic carbocycles. The van der Waals surface area contributed by atoms with Gasteiger partial charge < -0.3 is 45.8 Å². The second-order valence-corrected chi connectivity index (χ2v) is 7.95. The third-order valence-corrected chi connectivity index (χ3v) is 5.21. The number of hydrogen-bond acceptors (Lipinski definition) is 11. The molecule has 0 saturated heterocycles. The second kappa shape index (κ2) is 14.1. The van der Waals surface area contributed by atoms with Crippen molar-refractivity contribution in [3.8, 4) is 11.5 Å². The number of rotatable bonds is 15. The Hall–Kier alpha value is -4.70. The van der Waals surface area contributed by atoms with Crippen LogP contribution in [-0.2, 0) is 9.59 Å². The lowest BCUT2D eigenvalue weighted by molar-refractivity contribution is -0.306. The zero-order valence-electron chi connectivity index (χ0n) is 20.0. The molecule has 6 N–H and O–H groups in total. The van der Waals surface area contributed by atoms with Crippen LogP contribution in [0.2, 0.25) is 0 Å². The van der Waals surface area contributed by atoms with Crippen LogP contribution in [0.3, 0.4) is 0 Å². The van der Waals surface area contributed by atoms with Crippen molar-refractivity contribution in [3.63, 3.8) is 0 Å². The highest BCUT2D eigenvalue weighted by molar-refractivity contribution is 5.97. The minimum atomic E-state index is -1.47. The van der Waals surface area contributed by atoms with Crippen molar-refractivity contribution in [1.29, 1.82) is 0 Å². The van der Waals surface area contributed by atoms with E-state index in [4.69, 9.17) is 5.11 Å². The fourth-order valence-corrected chi connectivity index (χ4v) is 3.35. The van der Waals surface area contributed by atoms with E-state index >= 15 is 0 Å². The van der Waals surface area contributed by atoms with Crippen LogP contribution in [0.15, 0.2) is 34.1 Å². The molecule has 2 aromatic rings. The lowest BCUT2D eigenvalue weighted by Crippen LogP contribution is -2.46. The lowest BCUT2D eigenvalue weighted by Gasteiger charge is -2.27. The number of aromatic amines is 2. The summed E-state index contributed by atoms with van der Waals surface area (Å²) >= 11 is 0. The molecule has 16 heteroatoms. The average Bonchev–Trinajstić information content (AvgIpc) is 2.84. The van der Waals surface area contributed by atoms with E-state index in [-0.39, 0.29) is 50.4 Å². The highest BCUT2D eigenvalue weighted by Gasteiger charge is 2.16. The van der Waals surface area contributed by atoms with Crippen molar-refractivity contribution in [2.45, 2.75) is 0 Å². The Morgan fingerprint density at radius 1 is 0.816 bits per heavy atom. The second-order valence-electron chi connectivity index (χ2n) is 7.95. The summed E-state index contributed by atoms with van der Waals surface area (Å²) in [6.45, 7) is -0.867. The van der Waals surface area contributed by atoms with Crippen molar-refractivity contribution in [2.24, 2.45) is 0 Å². The van der Waals surface area contributed by atoms with E-state index in [1.54, 1.807) is 4.90 Å². The van der Waals surface area contributed by atoms with Gasteiger partial charge >= 0.3 is 5.97 Å². The molecule has 2 heterocycles. The number of aromatic hydroxyl groups is 1. The van der Waals surface area contributed by atoms with Crippen LogP contribution in [0.25, 0.3) is 0 Å². The van der Waals surface area contributed by atoms with Gasteiger partial charge in [0.15, 0.2) is 5.75 Å². The van der Waals surface area contributed by atoms with Gasteiger partial charge in [0.2, 0.25) is 5.56 Å². The number of nitrogens with one attached hydrogen (secondary N) is 4. The molecule has 38 heavy (non-hydrogen) atoms. The number of hydrogen-bond donors (Lipinski definition) is 6. The molecule has 206 valence electrons. The van der Waals surface area contributed by atoms with Crippen molar-refractivity contribution in [3.05, 3.63) is 56.4 Å². The fraction of sp³-hybridized carbons (Fsp3) is 0.364. The number of nitrogens with zero attached hydrogens (tertiary/aromatic N) is 2. The highest BCUT2D eigenvalue weighted by atomic mass is 16.4. The zero-order valence-corrected chi connectivity index (χ0v) is 20.0. The molecule has 0 spiro atoms. The fourth-order valence-electron chi connectivity index (χ4n) is 3.35. The minimum absolute atomic E-state index is 0.00277. The van der Waals surface area contributed by atoms with Crippen molar-refractivity contribution in [2.75, 3.05) is 52.4 Å². The molecule has 0 bridgehead atoms. The minimum Gasteiger partial charge on any atom is -0.868 e. The standard InChI is InChI=1S/C22H28N6O10/c29-15(30)11-28(12-16(31)32)10-9-27(7-5-25-19(35)13-1-3-23-21(37)17(13)33)8-6-26-20(36)14-2-4-24-22(38)18(14)34/h1-4,33-34H,5-12H2,(H,23,37)(H,24,38)(H,25,35)(H,26,36)(H,29,30)(H,31,32)/p-2. The normalized spacial score (nSPS) is 10.9. The van der Waals surface area contributed by atoms with Gasteiger partial charge in [-0.25, -0.2) is 0 Å². The van der Waals surface area contributed by atoms with Crippen LogP contribution in [0.4, 0.5) is 0 Å². The number of pyridine rings is 2. The summed E-state index contributed by atoms with van der Waals surface area (Å²) in [6.07, 6.45) is 2.34. The summed E-state index contributed by atoms with van der Waals surface area (Å²) in [5.74, 6) is -6.00. The average molecular weight is 534 g/mol. The van der Waals surface area contributed by atoms with Crippen LogP contribution in [-0.4, -0.2) is 106 Å². The van der Waals surface area contributed by atoms with Crippen molar-refractivity contribution in [1.82, 2.24) is 30.4 Å². The molecule has 0 atom stereocenters. The Kier molecular flexibility index (Phi) is 11.0. The van der Waals surface area contributed by atoms with Gasteiger partial charge in [-0.2, -0.15) is 0 Å². The van der Waals surface area contributed by atoms with Gasteiger partial charge in [0, 0.05) is 63.8 Å². The number of carboxylic acids is 2. The number of aromatic nitrogens is 2. The van der Waals surface area contributed by atoms with Crippen LogP contribution < -0.4 is 32.0 Å². The monoisotopic (exact) mass is 534 g/mol. The summed E-state index contributed by atoms with van der Waals surface area (Å²) in [6, 6.07) is 2.36. The quantitative estimate of drug-likeness (QED) is 0.126. The van der Waals surface area contributed by atoms with Gasteiger partial charge in [-0.15, -0.1) is 0 Å². The Balaban J connectivity index is 2.02. The summed E-state index contributed by atoms with van der Waals surface area (Å²) in [4.78, 5) is 76.7. The number of carboxylic acid groups (broad SMARTS) is 2. The zero-order chi connectivity index (χ0) is 28.2. The Labute approximate surface area is 214 Å². The Morgan fingerprint density at radius 3 is 1.92 bits per heavy atom. The number of carbonyl (C=O) groups excluding carboxylic acids is 3. The molecule has 0 unspecified atom stereocenters. The van der Waals surface area contributed by atoms with Crippen LogP contribution >= 0.6 is 0 Å². The molecule has 2 rings (SSSR count). The molecule has 0 aliphatic heterocycles. The van der Waals surface area contributed by atoms with Gasteiger partial charge in [0.25, 0.3) is 17.4 Å². The maximum atomic E-state index is 12.3. The number of aliphatic carboxylic acids is 2. The SMILES string of the molecule is O=C([O-])CN(CCN(CCNC(=O)c1cc[nH]c(=O)c1[O-])CCNC(=O)c1cc[nH]c(=O)c1O)CC(=O)O. The van der Waals surface area contributed by atoms with E-state index in [2.05, 4.69) is 20.6 Å². The molecule has 0 saturated carbocycles. The summed E-state index contributed by atoms with van der Waals surface area (Å²) in [7, 11) is 0. The van der Waals surface area contributed by atoms with E-state index < -0.39 is 59.5 Å². The number of H-pyrrole nitrogens is 2. The largest absolute Gasteiger partial charge is 0.868 e. The summed E-state index contributed by atoms with van der Waals surface area (Å²) in [5.41, 5.74) is -2.40. The van der Waals surface area contributed by atoms with Crippen LogP contribution in [0.5, 0.6) is 11.5 Å². The lowest BCUT2D eigenvalue weighted by atomic mass is 10.2. The molecule has 2 aromatic heterocycles. The molecular formula is C22H26N6O10-2. The molecule has 0 aliphatic rings. The van der Waals surface area contributed by atoms with E-state index in [0.717, 1.165) is 17.2 Å².